The maximum absolute atomic E-state index is 10.6. The van der Waals surface area contributed by atoms with Crippen LogP contribution in [0.5, 0.6) is 0 Å². The molecule has 0 radical (unpaired) electrons. The Morgan fingerprint density at radius 2 is 2.27 bits per heavy atom. The van der Waals surface area contributed by atoms with Crippen molar-refractivity contribution in [1.29, 1.82) is 0 Å². The van der Waals surface area contributed by atoms with E-state index in [2.05, 4.69) is 0 Å². The zero-order valence-electron chi connectivity index (χ0n) is 8.53. The number of rotatable bonds is 4. The number of aryl methyl sites for hydroxylation is 1. The second-order valence-electron chi connectivity index (χ2n) is 3.56. The number of hydrogen-bond donors (Lipinski definition) is 2. The number of carboxylic acid groups (broad SMARTS) is 1. The summed E-state index contributed by atoms with van der Waals surface area (Å²) >= 11 is 6.04. The lowest BCUT2D eigenvalue weighted by molar-refractivity contribution is -0.137. The third kappa shape index (κ3) is 3.22. The Hall–Kier alpha value is -1.06. The fourth-order valence-corrected chi connectivity index (χ4v) is 1.88. The van der Waals surface area contributed by atoms with Gasteiger partial charge in [0.25, 0.3) is 0 Å². The molecule has 4 heteroatoms. The molecular weight excluding hydrogens is 214 g/mol. The van der Waals surface area contributed by atoms with Crippen LogP contribution in [0.25, 0.3) is 0 Å². The zero-order valence-corrected chi connectivity index (χ0v) is 9.29. The van der Waals surface area contributed by atoms with Gasteiger partial charge in [-0.25, -0.2) is 0 Å². The fraction of sp³-hybridized carbons (Fsp3) is 0.364. The summed E-state index contributed by atoms with van der Waals surface area (Å²) in [6.07, 6.45) is 0.0132. The van der Waals surface area contributed by atoms with Crippen LogP contribution in [0.1, 0.15) is 23.5 Å². The second-order valence-corrected chi connectivity index (χ2v) is 3.96. The predicted molar refractivity (Wildman–Crippen MR) is 60.2 cm³/mol. The minimum absolute atomic E-state index is 0.0132. The summed E-state index contributed by atoms with van der Waals surface area (Å²) in [5.41, 5.74) is 7.40. The van der Waals surface area contributed by atoms with E-state index in [0.717, 1.165) is 11.1 Å². The summed E-state index contributed by atoms with van der Waals surface area (Å²) < 4.78 is 0. The second kappa shape index (κ2) is 5.14. The molecule has 0 saturated carbocycles. The highest BCUT2D eigenvalue weighted by Crippen LogP contribution is 2.27. The average Bonchev–Trinajstić information content (AvgIpc) is 2.14. The number of halogens is 1. The number of carbonyl (C=O) groups is 1. The van der Waals surface area contributed by atoms with Crippen LogP contribution in [0, 0.1) is 6.92 Å². The van der Waals surface area contributed by atoms with Crippen LogP contribution < -0.4 is 5.73 Å². The lowest BCUT2D eigenvalue weighted by atomic mass is 9.95. The van der Waals surface area contributed by atoms with Crippen molar-refractivity contribution < 1.29 is 9.90 Å². The average molecular weight is 228 g/mol. The van der Waals surface area contributed by atoms with Crippen molar-refractivity contribution in [2.45, 2.75) is 19.3 Å². The summed E-state index contributed by atoms with van der Waals surface area (Å²) in [6, 6.07) is 5.57. The summed E-state index contributed by atoms with van der Waals surface area (Å²) in [4.78, 5) is 10.6. The van der Waals surface area contributed by atoms with Gasteiger partial charge in [0, 0.05) is 10.9 Å². The number of benzene rings is 1. The van der Waals surface area contributed by atoms with Crippen molar-refractivity contribution in [3.8, 4) is 0 Å². The van der Waals surface area contributed by atoms with Gasteiger partial charge in [-0.1, -0.05) is 23.7 Å². The van der Waals surface area contributed by atoms with Crippen molar-refractivity contribution in [3.05, 3.63) is 34.3 Å². The Morgan fingerprint density at radius 3 is 2.73 bits per heavy atom. The van der Waals surface area contributed by atoms with Gasteiger partial charge in [0.15, 0.2) is 0 Å². The molecule has 0 fully saturated rings. The Morgan fingerprint density at radius 1 is 1.60 bits per heavy atom. The number of carboxylic acids is 1. The molecule has 82 valence electrons. The van der Waals surface area contributed by atoms with Crippen molar-refractivity contribution in [3.63, 3.8) is 0 Å². The molecule has 1 atom stereocenters. The van der Waals surface area contributed by atoms with E-state index in [1.165, 1.54) is 0 Å². The predicted octanol–water partition coefficient (Wildman–Crippen LogP) is 2.17. The van der Waals surface area contributed by atoms with Crippen LogP contribution in [0.15, 0.2) is 18.2 Å². The van der Waals surface area contributed by atoms with Gasteiger partial charge >= 0.3 is 5.97 Å². The topological polar surface area (TPSA) is 63.3 Å². The Labute approximate surface area is 93.9 Å². The molecule has 1 rings (SSSR count). The SMILES string of the molecule is Cc1ccc(C(CN)CC(=O)O)c(Cl)c1. The molecule has 0 aliphatic heterocycles. The minimum atomic E-state index is -0.859. The molecule has 0 aliphatic rings. The lowest BCUT2D eigenvalue weighted by Gasteiger charge is -2.14. The minimum Gasteiger partial charge on any atom is -0.481 e. The van der Waals surface area contributed by atoms with Crippen LogP contribution >= 0.6 is 11.6 Å². The van der Waals surface area contributed by atoms with Gasteiger partial charge in [-0.3, -0.25) is 4.79 Å². The number of aliphatic carboxylic acids is 1. The monoisotopic (exact) mass is 227 g/mol. The first kappa shape index (κ1) is 12.0. The molecule has 3 N–H and O–H groups in total. The molecule has 0 aromatic heterocycles. The van der Waals surface area contributed by atoms with E-state index < -0.39 is 5.97 Å². The smallest absolute Gasteiger partial charge is 0.304 e. The first-order valence-electron chi connectivity index (χ1n) is 4.72. The molecule has 1 unspecified atom stereocenters. The number of nitrogens with two attached hydrogens (primary N) is 1. The fourth-order valence-electron chi connectivity index (χ4n) is 1.49. The molecule has 3 nitrogen and oxygen atoms in total. The third-order valence-corrected chi connectivity index (χ3v) is 2.63. The van der Waals surface area contributed by atoms with Gasteiger partial charge in [0.1, 0.15) is 0 Å². The van der Waals surface area contributed by atoms with Gasteiger partial charge in [0.2, 0.25) is 0 Å². The van der Waals surface area contributed by atoms with E-state index in [1.54, 1.807) is 0 Å². The van der Waals surface area contributed by atoms with Crippen LogP contribution in [-0.2, 0) is 4.79 Å². The maximum Gasteiger partial charge on any atom is 0.304 e. The van der Waals surface area contributed by atoms with Gasteiger partial charge < -0.3 is 10.8 Å². The summed E-state index contributed by atoms with van der Waals surface area (Å²) in [6.45, 7) is 2.22. The van der Waals surface area contributed by atoms with E-state index in [1.807, 2.05) is 25.1 Å². The Bertz CT molecular complexity index is 366. The zero-order chi connectivity index (χ0) is 11.4. The first-order chi connectivity index (χ1) is 7.04. The summed E-state index contributed by atoms with van der Waals surface area (Å²) in [5, 5.41) is 9.31. The Kier molecular flexibility index (Phi) is 4.12. The number of hydrogen-bond acceptors (Lipinski definition) is 2. The highest BCUT2D eigenvalue weighted by molar-refractivity contribution is 6.31. The molecule has 0 heterocycles. The first-order valence-corrected chi connectivity index (χ1v) is 5.10. The normalized spacial score (nSPS) is 12.5. The summed E-state index contributed by atoms with van der Waals surface area (Å²) in [5.74, 6) is -1.07. The van der Waals surface area contributed by atoms with Crippen molar-refractivity contribution >= 4 is 17.6 Å². The molecule has 1 aromatic rings. The van der Waals surface area contributed by atoms with Crippen LogP contribution in [0.4, 0.5) is 0 Å². The largest absolute Gasteiger partial charge is 0.481 e. The maximum atomic E-state index is 10.6. The molecule has 15 heavy (non-hydrogen) atoms. The molecule has 0 spiro atoms. The molecule has 0 saturated heterocycles. The molecule has 0 aliphatic carbocycles. The van der Waals surface area contributed by atoms with E-state index in [9.17, 15) is 4.79 Å². The van der Waals surface area contributed by atoms with Crippen LogP contribution in [0.2, 0.25) is 5.02 Å². The highest BCUT2D eigenvalue weighted by Gasteiger charge is 2.16. The molecule has 0 amide bonds. The van der Waals surface area contributed by atoms with Crippen LogP contribution in [-0.4, -0.2) is 17.6 Å². The van der Waals surface area contributed by atoms with E-state index in [-0.39, 0.29) is 18.9 Å². The standard InChI is InChI=1S/C11H14ClNO2/c1-7-2-3-9(10(12)4-7)8(6-13)5-11(14)15/h2-4,8H,5-6,13H2,1H3,(H,14,15). The van der Waals surface area contributed by atoms with Gasteiger partial charge in [-0.15, -0.1) is 0 Å². The van der Waals surface area contributed by atoms with Crippen molar-refractivity contribution in [2.75, 3.05) is 6.54 Å². The van der Waals surface area contributed by atoms with Crippen molar-refractivity contribution in [1.82, 2.24) is 0 Å². The highest BCUT2D eigenvalue weighted by atomic mass is 35.5. The van der Waals surface area contributed by atoms with E-state index in [4.69, 9.17) is 22.4 Å². The molecular formula is C11H14ClNO2. The quantitative estimate of drug-likeness (QED) is 0.829. The van der Waals surface area contributed by atoms with Gasteiger partial charge in [0.05, 0.1) is 6.42 Å². The third-order valence-electron chi connectivity index (χ3n) is 2.30. The van der Waals surface area contributed by atoms with Crippen LogP contribution in [0.3, 0.4) is 0 Å². The Balaban J connectivity index is 2.96. The molecule has 1 aromatic carbocycles. The van der Waals surface area contributed by atoms with E-state index in [0.29, 0.717) is 5.02 Å². The van der Waals surface area contributed by atoms with Crippen molar-refractivity contribution in [2.24, 2.45) is 5.73 Å². The lowest BCUT2D eigenvalue weighted by Crippen LogP contribution is -2.16. The van der Waals surface area contributed by atoms with Gasteiger partial charge in [-0.05, 0) is 30.7 Å². The molecule has 0 bridgehead atoms. The van der Waals surface area contributed by atoms with E-state index >= 15 is 0 Å². The summed E-state index contributed by atoms with van der Waals surface area (Å²) in [7, 11) is 0. The van der Waals surface area contributed by atoms with Gasteiger partial charge in [-0.2, -0.15) is 0 Å².